The first-order valence-electron chi connectivity index (χ1n) is 37.4. The molecule has 13 rings (SSSR count). The highest BCUT2D eigenvalue weighted by Crippen LogP contribution is 2.47. The summed E-state index contributed by atoms with van der Waals surface area (Å²) in [6, 6.07) is 48.2. The number of hydrogen-bond donors (Lipinski definition) is 0. The number of alkyl halides is 6. The summed E-state index contributed by atoms with van der Waals surface area (Å²) in [7, 11) is 0. The number of nitrogens with zero attached hydrogens (tertiary/aromatic N) is 5. The summed E-state index contributed by atoms with van der Waals surface area (Å²) in [5, 5.41) is 0. The number of pyridine rings is 1. The zero-order chi connectivity index (χ0) is 73.9. The quantitative estimate of drug-likeness (QED) is 0.0524. The van der Waals surface area contributed by atoms with E-state index in [0.29, 0.717) is 81.3 Å². The van der Waals surface area contributed by atoms with Crippen molar-refractivity contribution in [3.05, 3.63) is 202 Å². The maximum atomic E-state index is 13.2. The Balaban J connectivity index is 0.000000157. The van der Waals surface area contributed by atoms with Crippen molar-refractivity contribution in [3.8, 4) is 0 Å². The monoisotopic (exact) mass is 1460 g/mol. The number of halogens is 6. The molecule has 568 valence electrons. The Bertz CT molecular complexity index is 3630. The Hall–Kier alpha value is -7.32. The molecule has 23 heteroatoms. The third-order valence-electron chi connectivity index (χ3n) is 21.1. The number of morpholine rings is 1. The largest absolute Gasteiger partial charge is 0.411 e. The van der Waals surface area contributed by atoms with E-state index < -0.39 is 25.4 Å². The van der Waals surface area contributed by atoms with Gasteiger partial charge in [0, 0.05) is 128 Å². The van der Waals surface area contributed by atoms with Gasteiger partial charge in [-0.2, -0.15) is 26.3 Å². The van der Waals surface area contributed by atoms with Crippen molar-refractivity contribution in [1.29, 1.82) is 0 Å². The number of likely N-dealkylation sites (tertiary alicyclic amines) is 3. The number of carbonyl (C=O) groups is 3. The molecule has 5 aromatic carbocycles. The molecule has 3 amide bonds. The normalized spacial score (nSPS) is 23.1. The average Bonchev–Trinajstić information content (AvgIpc) is 0.788. The van der Waals surface area contributed by atoms with Gasteiger partial charge in [0.15, 0.2) is 0 Å². The lowest BCUT2D eigenvalue weighted by atomic mass is 9.80. The number of benzene rings is 5. The predicted octanol–water partition coefficient (Wildman–Crippen LogP) is 15.6. The van der Waals surface area contributed by atoms with Gasteiger partial charge in [-0.15, -0.1) is 0 Å². The maximum absolute atomic E-state index is 13.2. The summed E-state index contributed by atoms with van der Waals surface area (Å²) in [4.78, 5) is 51.7. The van der Waals surface area contributed by atoms with Crippen LogP contribution in [-0.2, 0) is 55.8 Å². The molecule has 7 aliphatic rings. The second kappa shape index (κ2) is 37.0. The van der Waals surface area contributed by atoms with E-state index in [4.69, 9.17) is 37.9 Å². The molecule has 17 nitrogen and oxygen atoms in total. The van der Waals surface area contributed by atoms with Crippen LogP contribution in [-0.4, -0.2) is 183 Å². The third-order valence-corrected chi connectivity index (χ3v) is 21.1. The first kappa shape index (κ1) is 78.7. The van der Waals surface area contributed by atoms with Gasteiger partial charge in [0.1, 0.15) is 12.4 Å². The minimum atomic E-state index is -4.35. The average molecular weight is 1460 g/mol. The summed E-state index contributed by atoms with van der Waals surface area (Å²) in [6.45, 7) is 13.2. The van der Waals surface area contributed by atoms with E-state index in [2.05, 4.69) is 70.1 Å². The predicted molar refractivity (Wildman–Crippen MR) is 385 cm³/mol. The molecule has 8 heterocycles. The van der Waals surface area contributed by atoms with E-state index in [0.717, 1.165) is 126 Å². The second-order valence-corrected chi connectivity index (χ2v) is 28.5. The highest BCUT2D eigenvalue weighted by atomic mass is 19.4. The molecular weight excluding hydrogens is 1360 g/mol. The molecule has 7 saturated heterocycles. The van der Waals surface area contributed by atoms with Crippen LogP contribution >= 0.6 is 0 Å². The van der Waals surface area contributed by atoms with E-state index >= 15 is 0 Å². The van der Waals surface area contributed by atoms with Crippen molar-refractivity contribution >= 4 is 23.5 Å². The Labute approximate surface area is 613 Å². The van der Waals surface area contributed by atoms with Crippen LogP contribution in [0.2, 0.25) is 0 Å². The Morgan fingerprint density at radius 3 is 1.13 bits per heavy atom. The number of rotatable bonds is 20. The van der Waals surface area contributed by atoms with Crippen molar-refractivity contribution in [3.63, 3.8) is 0 Å². The van der Waals surface area contributed by atoms with Crippen molar-refractivity contribution < 1.29 is 83.4 Å². The lowest BCUT2D eigenvalue weighted by Crippen LogP contribution is -2.52. The van der Waals surface area contributed by atoms with Gasteiger partial charge in [0.2, 0.25) is 0 Å². The van der Waals surface area contributed by atoms with E-state index in [1.54, 1.807) is 54.7 Å². The number of carbonyl (C=O) groups excluding carboxylic acids is 3. The fourth-order valence-electron chi connectivity index (χ4n) is 15.6. The summed E-state index contributed by atoms with van der Waals surface area (Å²) >= 11 is 0. The fourth-order valence-corrected chi connectivity index (χ4v) is 15.6. The van der Waals surface area contributed by atoms with Crippen LogP contribution in [0.3, 0.4) is 0 Å². The lowest BCUT2D eigenvalue weighted by Gasteiger charge is -2.48. The molecule has 0 radical (unpaired) electrons. The highest BCUT2D eigenvalue weighted by molar-refractivity contribution is 5.95. The molecule has 0 aliphatic carbocycles. The van der Waals surface area contributed by atoms with Gasteiger partial charge in [-0.05, 0) is 124 Å². The third kappa shape index (κ3) is 22.4. The van der Waals surface area contributed by atoms with Crippen LogP contribution in [0.25, 0.3) is 0 Å². The summed E-state index contributed by atoms with van der Waals surface area (Å²) < 4.78 is 127. The van der Waals surface area contributed by atoms with Crippen LogP contribution in [0.5, 0.6) is 0 Å². The van der Waals surface area contributed by atoms with Crippen LogP contribution < -0.4 is 4.90 Å². The number of ether oxygens (including phenoxy) is 9. The lowest BCUT2D eigenvalue weighted by molar-refractivity contribution is -0.191. The smallest absolute Gasteiger partial charge is 0.378 e. The maximum Gasteiger partial charge on any atom is 0.411 e. The van der Waals surface area contributed by atoms with Crippen molar-refractivity contribution in [2.75, 3.05) is 104 Å². The van der Waals surface area contributed by atoms with E-state index in [1.807, 2.05) is 83.1 Å². The van der Waals surface area contributed by atoms with Gasteiger partial charge in [-0.25, -0.2) is 4.98 Å². The van der Waals surface area contributed by atoms with E-state index in [1.165, 1.54) is 5.56 Å². The fraction of sp³-hybridized carbons (Fsp3) is 0.537. The van der Waals surface area contributed by atoms with Gasteiger partial charge in [-0.3, -0.25) is 14.4 Å². The SMILES string of the molecule is CCOC1CC(c2ccccc2)OC2(CCN(C(=O)c3ccc(COCC(F)(F)F)cc3)CC2)C1.CCOC1CC(c2ccccc2)OC2(CCN(C(=O)c3ccc(COCCC(F)(F)F)cc3)CC2)C1.CCOC1CC(c2ccccc2)OC2(CCN(C(=O)c3ccc(N4CCOCC4)nc3)CC2)C1. The first-order valence-corrected chi connectivity index (χ1v) is 37.4. The first-order chi connectivity index (χ1) is 50.7. The summed E-state index contributed by atoms with van der Waals surface area (Å²) in [5.74, 6) is 0.820. The van der Waals surface area contributed by atoms with Gasteiger partial charge in [0.25, 0.3) is 17.7 Å². The molecule has 0 bridgehead atoms. The molecule has 105 heavy (non-hydrogen) atoms. The number of anilines is 1. The zero-order valence-corrected chi connectivity index (χ0v) is 60.6. The van der Waals surface area contributed by atoms with Gasteiger partial charge in [-0.1, -0.05) is 115 Å². The molecule has 6 aromatic rings. The van der Waals surface area contributed by atoms with Crippen LogP contribution in [0.15, 0.2) is 158 Å². The Morgan fingerprint density at radius 2 is 0.800 bits per heavy atom. The second-order valence-electron chi connectivity index (χ2n) is 28.5. The van der Waals surface area contributed by atoms with Gasteiger partial charge < -0.3 is 62.2 Å². The molecule has 3 spiro atoms. The highest BCUT2D eigenvalue weighted by Gasteiger charge is 2.48. The molecule has 0 saturated carbocycles. The Kier molecular flexibility index (Phi) is 27.7. The molecule has 6 atom stereocenters. The molecular formula is C82H101F6N5O12. The van der Waals surface area contributed by atoms with Crippen molar-refractivity contribution in [2.24, 2.45) is 0 Å². The topological polar surface area (TPSA) is 160 Å². The standard InChI is InChI=1S/C28H34F3NO4.C27H32F3NO4.C27H35N3O4/c1-2-35-24-18-25(22-6-4-3-5-7-22)36-27(19-24)12-15-32(16-13-27)26(33)23-10-8-21(9-11-23)20-34-17-14-28(29,30)31;1-2-34-23-16-24(21-6-4-3-5-7-21)35-26(17-23)12-14-31(15-13-26)25(32)22-10-8-20(9-11-22)18-33-19-27(28,29)30;1-2-33-23-18-24(21-6-4-3-5-7-21)34-27(19-23)10-12-30(13-11-27)26(31)22-8-9-25(28-20-22)29-14-16-32-17-15-29/h3-11,24-25H,2,12-20H2,1H3;3-11,23-24H,2,12-19H2,1H3;3-9,20,23-24H,2,10-19H2,1H3. The van der Waals surface area contributed by atoms with Crippen molar-refractivity contribution in [2.45, 2.75) is 183 Å². The van der Waals surface area contributed by atoms with Gasteiger partial charge >= 0.3 is 12.4 Å². The molecule has 7 aliphatic heterocycles. The summed E-state index contributed by atoms with van der Waals surface area (Å²) in [5.41, 5.74) is 5.67. The molecule has 1 aromatic heterocycles. The van der Waals surface area contributed by atoms with Crippen LogP contribution in [0, 0.1) is 0 Å². The van der Waals surface area contributed by atoms with Crippen LogP contribution in [0.1, 0.15) is 181 Å². The van der Waals surface area contributed by atoms with Gasteiger partial charge in [0.05, 0.1) is 98.4 Å². The zero-order valence-electron chi connectivity index (χ0n) is 60.6. The number of hydrogen-bond acceptors (Lipinski definition) is 14. The number of amides is 3. The van der Waals surface area contributed by atoms with E-state index in [-0.39, 0.29) is 91.0 Å². The molecule has 7 fully saturated rings. The van der Waals surface area contributed by atoms with Crippen LogP contribution in [0.4, 0.5) is 32.2 Å². The summed E-state index contributed by atoms with van der Waals surface area (Å²) in [6.07, 6.45) is 2.24. The minimum Gasteiger partial charge on any atom is -0.378 e. The molecule has 0 N–H and O–H groups in total. The van der Waals surface area contributed by atoms with Crippen molar-refractivity contribution in [1.82, 2.24) is 19.7 Å². The Morgan fingerprint density at radius 1 is 0.448 bits per heavy atom. The number of piperidine rings is 3. The minimum absolute atomic E-state index is 0.0235. The number of aromatic nitrogens is 1. The van der Waals surface area contributed by atoms with E-state index in [9.17, 15) is 40.7 Å². The molecule has 6 unspecified atom stereocenters.